The van der Waals surface area contributed by atoms with Crippen LogP contribution in [-0.4, -0.2) is 30.8 Å². The van der Waals surface area contributed by atoms with Crippen molar-refractivity contribution < 1.29 is 14.0 Å². The molecule has 0 aromatic heterocycles. The molecule has 4 nitrogen and oxygen atoms in total. The van der Waals surface area contributed by atoms with Gasteiger partial charge in [0.2, 0.25) is 5.91 Å². The van der Waals surface area contributed by atoms with E-state index >= 15 is 0 Å². The van der Waals surface area contributed by atoms with Gasteiger partial charge in [-0.15, -0.1) is 0 Å². The average Bonchev–Trinajstić information content (AvgIpc) is 3.07. The fraction of sp³-hybridized carbons (Fsp3) is 0.600. The van der Waals surface area contributed by atoms with Crippen LogP contribution < -0.4 is 10.2 Å². The van der Waals surface area contributed by atoms with E-state index in [-0.39, 0.29) is 23.3 Å². The number of Topliss-reactive ketones (excluding diaryl/α,β-unsaturated/α-hetero) is 1. The Bertz CT molecular complexity index is 633. The van der Waals surface area contributed by atoms with Gasteiger partial charge in [-0.05, 0) is 50.7 Å². The molecule has 2 fully saturated rings. The third-order valence-corrected chi connectivity index (χ3v) is 5.49. The van der Waals surface area contributed by atoms with Crippen LogP contribution in [-0.2, 0) is 4.79 Å². The zero-order valence-corrected chi connectivity index (χ0v) is 14.9. The first-order valence-electron chi connectivity index (χ1n) is 9.38. The molecule has 1 aromatic carbocycles. The molecule has 1 aliphatic heterocycles. The standard InChI is InChI=1S/C20H27FN2O2/c1-14(24)20-17(21)7-4-8-18(20)23-11-9-16(10-12-23)22-19(25)13-15-5-2-3-6-15/h4,7-8,15-16H,2-3,5-6,9-13H2,1H3,(H,22,25). The highest BCUT2D eigenvalue weighted by Crippen LogP contribution is 2.28. The molecule has 0 radical (unpaired) electrons. The van der Waals surface area contributed by atoms with E-state index in [0.29, 0.717) is 18.0 Å². The summed E-state index contributed by atoms with van der Waals surface area (Å²) >= 11 is 0. The monoisotopic (exact) mass is 346 g/mol. The molecule has 0 atom stereocenters. The summed E-state index contributed by atoms with van der Waals surface area (Å²) < 4.78 is 14.0. The fourth-order valence-electron chi connectivity index (χ4n) is 4.15. The van der Waals surface area contributed by atoms with E-state index in [1.54, 1.807) is 12.1 Å². The maximum atomic E-state index is 14.0. The van der Waals surface area contributed by atoms with Crippen LogP contribution >= 0.6 is 0 Å². The zero-order chi connectivity index (χ0) is 17.8. The average molecular weight is 346 g/mol. The third-order valence-electron chi connectivity index (χ3n) is 5.49. The number of hydrogen-bond acceptors (Lipinski definition) is 3. The van der Waals surface area contributed by atoms with Crippen molar-refractivity contribution in [2.75, 3.05) is 18.0 Å². The summed E-state index contributed by atoms with van der Waals surface area (Å²) in [5.41, 5.74) is 0.842. The van der Waals surface area contributed by atoms with Crippen LogP contribution in [0.2, 0.25) is 0 Å². The van der Waals surface area contributed by atoms with Gasteiger partial charge in [0.05, 0.1) is 11.3 Å². The lowest BCUT2D eigenvalue weighted by molar-refractivity contribution is -0.122. The lowest BCUT2D eigenvalue weighted by atomic mass is 10.00. The molecule has 1 aliphatic carbocycles. The van der Waals surface area contributed by atoms with Crippen molar-refractivity contribution in [1.29, 1.82) is 0 Å². The lowest BCUT2D eigenvalue weighted by Gasteiger charge is -2.35. The molecule has 0 spiro atoms. The van der Waals surface area contributed by atoms with E-state index in [4.69, 9.17) is 0 Å². The van der Waals surface area contributed by atoms with Crippen LogP contribution in [0.15, 0.2) is 18.2 Å². The number of carbonyl (C=O) groups is 2. The van der Waals surface area contributed by atoms with Crippen LogP contribution in [0.1, 0.15) is 62.2 Å². The minimum atomic E-state index is -0.461. The Balaban J connectivity index is 1.54. The normalized spacial score (nSPS) is 19.2. The number of carbonyl (C=O) groups excluding carboxylic acids is 2. The van der Waals surface area contributed by atoms with Gasteiger partial charge in [-0.1, -0.05) is 18.9 Å². The number of amides is 1. The Morgan fingerprint density at radius 1 is 1.16 bits per heavy atom. The molecule has 1 N–H and O–H groups in total. The molecule has 1 saturated heterocycles. The predicted octanol–water partition coefficient (Wildman–Crippen LogP) is 3.69. The van der Waals surface area contributed by atoms with Gasteiger partial charge in [-0.3, -0.25) is 9.59 Å². The van der Waals surface area contributed by atoms with Crippen molar-refractivity contribution in [3.05, 3.63) is 29.6 Å². The molecule has 136 valence electrons. The molecule has 0 bridgehead atoms. The van der Waals surface area contributed by atoms with Crippen molar-refractivity contribution in [1.82, 2.24) is 5.32 Å². The Labute approximate surface area is 148 Å². The molecule has 25 heavy (non-hydrogen) atoms. The van der Waals surface area contributed by atoms with Crippen LogP contribution in [0.5, 0.6) is 0 Å². The van der Waals surface area contributed by atoms with E-state index < -0.39 is 5.82 Å². The number of anilines is 1. The van der Waals surface area contributed by atoms with E-state index in [9.17, 15) is 14.0 Å². The van der Waals surface area contributed by atoms with Crippen LogP contribution in [0.3, 0.4) is 0 Å². The zero-order valence-electron chi connectivity index (χ0n) is 14.9. The molecule has 1 heterocycles. The maximum Gasteiger partial charge on any atom is 0.220 e. The molecular weight excluding hydrogens is 319 g/mol. The summed E-state index contributed by atoms with van der Waals surface area (Å²) in [7, 11) is 0. The molecule has 5 heteroatoms. The minimum Gasteiger partial charge on any atom is -0.371 e. The first-order valence-corrected chi connectivity index (χ1v) is 9.38. The highest BCUT2D eigenvalue weighted by molar-refractivity contribution is 6.00. The number of nitrogens with zero attached hydrogens (tertiary/aromatic N) is 1. The Kier molecular flexibility index (Phi) is 5.71. The first kappa shape index (κ1) is 17.9. The Morgan fingerprint density at radius 3 is 2.48 bits per heavy atom. The van der Waals surface area contributed by atoms with Crippen molar-refractivity contribution in [3.8, 4) is 0 Å². The number of piperidine rings is 1. The van der Waals surface area contributed by atoms with Gasteiger partial charge in [-0.2, -0.15) is 0 Å². The summed E-state index contributed by atoms with van der Waals surface area (Å²) in [5.74, 6) is 0.0168. The van der Waals surface area contributed by atoms with Crippen molar-refractivity contribution in [2.24, 2.45) is 5.92 Å². The van der Waals surface area contributed by atoms with E-state index in [1.807, 2.05) is 0 Å². The van der Waals surface area contributed by atoms with Gasteiger partial charge >= 0.3 is 0 Å². The molecule has 2 aliphatic rings. The van der Waals surface area contributed by atoms with Gasteiger partial charge in [0, 0.05) is 25.6 Å². The third kappa shape index (κ3) is 4.39. The molecule has 1 amide bonds. The molecule has 1 saturated carbocycles. The van der Waals surface area contributed by atoms with Gasteiger partial charge in [0.1, 0.15) is 5.82 Å². The molecule has 1 aromatic rings. The van der Waals surface area contributed by atoms with Crippen LogP contribution in [0.4, 0.5) is 10.1 Å². The predicted molar refractivity (Wildman–Crippen MR) is 96.4 cm³/mol. The van der Waals surface area contributed by atoms with Crippen molar-refractivity contribution in [3.63, 3.8) is 0 Å². The van der Waals surface area contributed by atoms with Crippen molar-refractivity contribution >= 4 is 17.4 Å². The van der Waals surface area contributed by atoms with Gasteiger partial charge in [-0.25, -0.2) is 4.39 Å². The number of benzene rings is 1. The second kappa shape index (κ2) is 7.98. The first-order chi connectivity index (χ1) is 12.0. The van der Waals surface area contributed by atoms with E-state index in [2.05, 4.69) is 10.2 Å². The fourth-order valence-corrected chi connectivity index (χ4v) is 4.15. The van der Waals surface area contributed by atoms with E-state index in [0.717, 1.165) is 25.9 Å². The largest absolute Gasteiger partial charge is 0.371 e. The minimum absolute atomic E-state index is 0.167. The van der Waals surface area contributed by atoms with Crippen LogP contribution in [0, 0.1) is 11.7 Å². The summed E-state index contributed by atoms with van der Waals surface area (Å²) in [6.45, 7) is 2.84. The topological polar surface area (TPSA) is 49.4 Å². The summed E-state index contributed by atoms with van der Waals surface area (Å²) in [6.07, 6.45) is 7.16. The molecular formula is C20H27FN2O2. The SMILES string of the molecule is CC(=O)c1c(F)cccc1N1CCC(NC(=O)CC2CCCC2)CC1. The van der Waals surface area contributed by atoms with Gasteiger partial charge in [0.25, 0.3) is 0 Å². The molecule has 3 rings (SSSR count). The quantitative estimate of drug-likeness (QED) is 0.827. The van der Waals surface area contributed by atoms with Gasteiger partial charge in [0.15, 0.2) is 5.78 Å². The number of nitrogens with one attached hydrogen (secondary N) is 1. The second-order valence-corrected chi connectivity index (χ2v) is 7.37. The Morgan fingerprint density at radius 2 is 1.84 bits per heavy atom. The summed E-state index contributed by atoms with van der Waals surface area (Å²) in [5, 5.41) is 3.16. The highest BCUT2D eigenvalue weighted by atomic mass is 19.1. The second-order valence-electron chi connectivity index (χ2n) is 7.37. The smallest absolute Gasteiger partial charge is 0.220 e. The molecule has 0 unspecified atom stereocenters. The lowest BCUT2D eigenvalue weighted by Crippen LogP contribution is -2.45. The Hall–Kier alpha value is -1.91. The highest BCUT2D eigenvalue weighted by Gasteiger charge is 2.25. The number of rotatable bonds is 5. The van der Waals surface area contributed by atoms with Crippen molar-refractivity contribution in [2.45, 2.75) is 57.9 Å². The maximum absolute atomic E-state index is 14.0. The number of halogens is 1. The number of ketones is 1. The van der Waals surface area contributed by atoms with Crippen LogP contribution in [0.25, 0.3) is 0 Å². The summed E-state index contributed by atoms with van der Waals surface area (Å²) in [4.78, 5) is 26.0. The van der Waals surface area contributed by atoms with E-state index in [1.165, 1.54) is 38.7 Å². The van der Waals surface area contributed by atoms with Gasteiger partial charge < -0.3 is 10.2 Å². The summed E-state index contributed by atoms with van der Waals surface area (Å²) in [6, 6.07) is 4.96. The number of hydrogen-bond donors (Lipinski definition) is 1.